The fourth-order valence-corrected chi connectivity index (χ4v) is 1.64. The summed E-state index contributed by atoms with van der Waals surface area (Å²) < 4.78 is 0. The smallest absolute Gasteiger partial charge is 0.254 e. The van der Waals surface area contributed by atoms with Gasteiger partial charge >= 0.3 is 0 Å². The van der Waals surface area contributed by atoms with Gasteiger partial charge in [0.2, 0.25) is 0 Å². The Morgan fingerprint density at radius 1 is 1.61 bits per heavy atom. The quantitative estimate of drug-likeness (QED) is 0.599. The molecule has 0 bridgehead atoms. The number of pyridine rings is 1. The summed E-state index contributed by atoms with van der Waals surface area (Å²) >= 11 is 0. The van der Waals surface area contributed by atoms with Gasteiger partial charge in [-0.2, -0.15) is 5.26 Å². The van der Waals surface area contributed by atoms with E-state index in [-0.39, 0.29) is 5.91 Å². The third-order valence-electron chi connectivity index (χ3n) is 2.51. The number of hydrogen-bond donors (Lipinski definition) is 2. The molecule has 0 atom stereocenters. The summed E-state index contributed by atoms with van der Waals surface area (Å²) in [6.45, 7) is 4.67. The van der Waals surface area contributed by atoms with E-state index in [2.05, 4.69) is 10.4 Å². The zero-order valence-electron chi connectivity index (χ0n) is 10.6. The summed E-state index contributed by atoms with van der Waals surface area (Å²) in [7, 11) is 0. The third kappa shape index (κ3) is 3.43. The molecule has 3 N–H and O–H groups in total. The van der Waals surface area contributed by atoms with E-state index >= 15 is 0 Å². The zero-order valence-corrected chi connectivity index (χ0v) is 10.6. The van der Waals surface area contributed by atoms with Crippen LogP contribution in [0.3, 0.4) is 0 Å². The van der Waals surface area contributed by atoms with E-state index in [1.165, 1.54) is 0 Å². The van der Waals surface area contributed by atoms with E-state index in [4.69, 9.17) is 11.1 Å². The summed E-state index contributed by atoms with van der Waals surface area (Å²) in [4.78, 5) is 18.0. The van der Waals surface area contributed by atoms with Crippen LogP contribution in [0.1, 0.15) is 29.4 Å². The number of amides is 1. The number of anilines is 1. The van der Waals surface area contributed by atoms with Gasteiger partial charge in [0.05, 0.1) is 12.5 Å². The number of hydrogen-bond acceptors (Lipinski definition) is 5. The van der Waals surface area contributed by atoms with Crippen molar-refractivity contribution in [3.05, 3.63) is 23.4 Å². The van der Waals surface area contributed by atoms with Crippen molar-refractivity contribution < 1.29 is 4.79 Å². The minimum atomic E-state index is -0.116. The molecular formula is C12H17N5O. The van der Waals surface area contributed by atoms with Gasteiger partial charge in [-0.05, 0) is 26.0 Å². The fraction of sp³-hybridized carbons (Fsp3) is 0.417. The van der Waals surface area contributed by atoms with Gasteiger partial charge in [-0.25, -0.2) is 10.8 Å². The molecule has 1 rings (SSSR count). The predicted molar refractivity (Wildman–Crippen MR) is 68.6 cm³/mol. The zero-order chi connectivity index (χ0) is 13.5. The Morgan fingerprint density at radius 3 is 2.89 bits per heavy atom. The topological polar surface area (TPSA) is 95.0 Å². The van der Waals surface area contributed by atoms with Crippen molar-refractivity contribution in [2.75, 3.05) is 18.5 Å². The lowest BCUT2D eigenvalue weighted by Gasteiger charge is -2.20. The molecule has 0 aliphatic rings. The Kier molecular flexibility index (Phi) is 5.08. The van der Waals surface area contributed by atoms with Crippen LogP contribution in [0.15, 0.2) is 12.1 Å². The van der Waals surface area contributed by atoms with Gasteiger partial charge in [0.25, 0.3) is 5.91 Å². The second-order valence-electron chi connectivity index (χ2n) is 3.82. The van der Waals surface area contributed by atoms with Gasteiger partial charge in [0.15, 0.2) is 0 Å². The average Bonchev–Trinajstić information content (AvgIpc) is 2.38. The highest BCUT2D eigenvalue weighted by Gasteiger charge is 2.15. The van der Waals surface area contributed by atoms with Gasteiger partial charge in [0, 0.05) is 24.3 Å². The van der Waals surface area contributed by atoms with E-state index in [0.717, 1.165) is 0 Å². The summed E-state index contributed by atoms with van der Waals surface area (Å²) in [5.74, 6) is 5.63. The van der Waals surface area contributed by atoms with E-state index in [1.807, 2.05) is 13.0 Å². The van der Waals surface area contributed by atoms with Crippen molar-refractivity contribution >= 4 is 11.7 Å². The van der Waals surface area contributed by atoms with Crippen LogP contribution in [0.5, 0.6) is 0 Å². The van der Waals surface area contributed by atoms with Gasteiger partial charge < -0.3 is 10.3 Å². The van der Waals surface area contributed by atoms with E-state index in [0.29, 0.717) is 36.6 Å². The first-order chi connectivity index (χ1) is 8.62. The predicted octanol–water partition coefficient (Wildman–Crippen LogP) is 1.05. The molecule has 1 amide bonds. The van der Waals surface area contributed by atoms with E-state index in [9.17, 15) is 4.79 Å². The molecule has 0 fully saturated rings. The molecule has 1 aromatic heterocycles. The van der Waals surface area contributed by atoms with Crippen molar-refractivity contribution in [3.8, 4) is 6.07 Å². The first kappa shape index (κ1) is 13.9. The summed E-state index contributed by atoms with van der Waals surface area (Å²) in [5, 5.41) is 8.56. The maximum atomic E-state index is 12.2. The minimum Gasteiger partial charge on any atom is -0.338 e. The number of aromatic nitrogens is 1. The molecule has 6 nitrogen and oxygen atoms in total. The molecule has 0 aliphatic heterocycles. The molecule has 0 radical (unpaired) electrons. The number of nitriles is 1. The summed E-state index contributed by atoms with van der Waals surface area (Å²) in [5.41, 5.74) is 3.67. The molecule has 96 valence electrons. The minimum absolute atomic E-state index is 0.116. The highest BCUT2D eigenvalue weighted by atomic mass is 16.2. The number of rotatable bonds is 5. The number of nitrogens with two attached hydrogens (primary N) is 1. The van der Waals surface area contributed by atoms with Crippen molar-refractivity contribution in [2.24, 2.45) is 5.84 Å². The SMILES string of the molecule is CCN(CCC#N)C(=O)c1cc(C)nc(NN)c1. The standard InChI is InChI=1S/C12H17N5O/c1-3-17(6-4-5-13)12(18)10-7-9(2)15-11(8-10)16-14/h7-8H,3-4,6,14H2,1-2H3,(H,15,16). The Balaban J connectivity index is 2.94. The van der Waals surface area contributed by atoms with Crippen molar-refractivity contribution in [2.45, 2.75) is 20.3 Å². The van der Waals surface area contributed by atoms with Crippen LogP contribution in [-0.2, 0) is 0 Å². The average molecular weight is 247 g/mol. The molecule has 1 heterocycles. The molecular weight excluding hydrogens is 230 g/mol. The van der Waals surface area contributed by atoms with Crippen LogP contribution in [-0.4, -0.2) is 28.9 Å². The molecule has 0 spiro atoms. The molecule has 1 aromatic rings. The molecule has 18 heavy (non-hydrogen) atoms. The first-order valence-electron chi connectivity index (χ1n) is 5.74. The lowest BCUT2D eigenvalue weighted by atomic mass is 10.2. The Morgan fingerprint density at radius 2 is 2.33 bits per heavy atom. The van der Waals surface area contributed by atoms with Gasteiger partial charge in [-0.1, -0.05) is 0 Å². The van der Waals surface area contributed by atoms with Crippen LogP contribution >= 0.6 is 0 Å². The number of aryl methyl sites for hydroxylation is 1. The van der Waals surface area contributed by atoms with Crippen molar-refractivity contribution in [3.63, 3.8) is 0 Å². The van der Waals surface area contributed by atoms with Crippen LogP contribution in [0.25, 0.3) is 0 Å². The van der Waals surface area contributed by atoms with Gasteiger partial charge in [-0.15, -0.1) is 0 Å². The number of nitrogens with one attached hydrogen (secondary N) is 1. The molecule has 0 aromatic carbocycles. The Hall–Kier alpha value is -2.13. The fourth-order valence-electron chi connectivity index (χ4n) is 1.64. The summed E-state index contributed by atoms with van der Waals surface area (Å²) in [6.07, 6.45) is 0.325. The van der Waals surface area contributed by atoms with E-state index < -0.39 is 0 Å². The van der Waals surface area contributed by atoms with E-state index in [1.54, 1.807) is 24.0 Å². The number of nitrogen functional groups attached to an aromatic ring is 1. The molecule has 6 heteroatoms. The van der Waals surface area contributed by atoms with Crippen molar-refractivity contribution in [1.82, 2.24) is 9.88 Å². The number of carbonyl (C=O) groups is 1. The molecule has 0 saturated heterocycles. The van der Waals surface area contributed by atoms with Crippen LogP contribution < -0.4 is 11.3 Å². The maximum Gasteiger partial charge on any atom is 0.254 e. The normalized spacial score (nSPS) is 9.67. The Labute approximate surface area is 106 Å². The lowest BCUT2D eigenvalue weighted by molar-refractivity contribution is 0.0767. The monoisotopic (exact) mass is 247 g/mol. The maximum absolute atomic E-state index is 12.2. The van der Waals surface area contributed by atoms with Gasteiger partial charge in [0.1, 0.15) is 5.82 Å². The lowest BCUT2D eigenvalue weighted by Crippen LogP contribution is -2.31. The largest absolute Gasteiger partial charge is 0.338 e. The van der Waals surface area contributed by atoms with Crippen LogP contribution in [0, 0.1) is 18.3 Å². The number of carbonyl (C=O) groups excluding carboxylic acids is 1. The molecule has 0 aliphatic carbocycles. The third-order valence-corrected chi connectivity index (χ3v) is 2.51. The second kappa shape index (κ2) is 6.57. The Bertz CT molecular complexity index is 466. The number of nitrogens with zero attached hydrogens (tertiary/aromatic N) is 3. The van der Waals surface area contributed by atoms with Crippen LogP contribution in [0.4, 0.5) is 5.82 Å². The molecule has 0 saturated carbocycles. The number of hydrazine groups is 1. The highest BCUT2D eigenvalue weighted by molar-refractivity contribution is 5.95. The van der Waals surface area contributed by atoms with Crippen molar-refractivity contribution in [1.29, 1.82) is 5.26 Å². The second-order valence-corrected chi connectivity index (χ2v) is 3.82. The van der Waals surface area contributed by atoms with Crippen LogP contribution in [0.2, 0.25) is 0 Å². The summed E-state index contributed by atoms with van der Waals surface area (Å²) in [6, 6.07) is 5.34. The van der Waals surface area contributed by atoms with Gasteiger partial charge in [-0.3, -0.25) is 4.79 Å². The highest BCUT2D eigenvalue weighted by Crippen LogP contribution is 2.12. The molecule has 0 unspecified atom stereocenters. The first-order valence-corrected chi connectivity index (χ1v) is 5.74.